The van der Waals surface area contributed by atoms with Crippen LogP contribution < -0.4 is 0 Å². The number of nitrogens with one attached hydrogen (secondary N) is 1. The van der Waals surface area contributed by atoms with Crippen LogP contribution in [0.25, 0.3) is 11.4 Å². The van der Waals surface area contributed by atoms with Crippen molar-refractivity contribution >= 4 is 23.8 Å². The molecule has 1 aromatic carbocycles. The molecule has 6 heteroatoms. The summed E-state index contributed by atoms with van der Waals surface area (Å²) in [6, 6.07) is 4.37. The number of benzene rings is 1. The Bertz CT molecular complexity index is 640. The van der Waals surface area contributed by atoms with Gasteiger partial charge in [0, 0.05) is 10.6 Å². The van der Waals surface area contributed by atoms with Gasteiger partial charge in [0.05, 0.1) is 5.56 Å². The van der Waals surface area contributed by atoms with Gasteiger partial charge in [-0.1, -0.05) is 11.6 Å². The molecule has 1 N–H and O–H groups in total. The van der Waals surface area contributed by atoms with Crippen molar-refractivity contribution in [1.82, 2.24) is 14.8 Å². The van der Waals surface area contributed by atoms with Gasteiger partial charge in [-0.25, -0.2) is 4.39 Å². The minimum absolute atomic E-state index is 0.297. The van der Waals surface area contributed by atoms with Crippen molar-refractivity contribution in [3.63, 3.8) is 0 Å². The number of halogens is 2. The van der Waals surface area contributed by atoms with Gasteiger partial charge in [-0.05, 0) is 51.2 Å². The second-order valence-corrected chi connectivity index (χ2v) is 5.81. The summed E-state index contributed by atoms with van der Waals surface area (Å²) in [5.41, 5.74) is 0.0403. The van der Waals surface area contributed by atoms with Gasteiger partial charge < -0.3 is 0 Å². The molecule has 0 aliphatic rings. The molecule has 2 aromatic rings. The van der Waals surface area contributed by atoms with Crippen molar-refractivity contribution in [1.29, 1.82) is 0 Å². The monoisotopic (exact) mass is 285 g/mol. The van der Waals surface area contributed by atoms with Crippen LogP contribution in [0.5, 0.6) is 0 Å². The molecule has 0 fully saturated rings. The van der Waals surface area contributed by atoms with Crippen LogP contribution in [-0.4, -0.2) is 14.8 Å². The zero-order chi connectivity index (χ0) is 13.5. The zero-order valence-corrected chi connectivity index (χ0v) is 11.9. The molecule has 0 amide bonds. The average molecular weight is 286 g/mol. The van der Waals surface area contributed by atoms with Crippen LogP contribution in [0.1, 0.15) is 20.8 Å². The summed E-state index contributed by atoms with van der Waals surface area (Å²) in [6.07, 6.45) is 0. The summed E-state index contributed by atoms with van der Waals surface area (Å²) in [5, 5.41) is 7.26. The maximum absolute atomic E-state index is 13.9. The third-order valence-corrected chi connectivity index (χ3v) is 3.02. The Balaban J connectivity index is 2.73. The van der Waals surface area contributed by atoms with Gasteiger partial charge in [-0.15, -0.1) is 0 Å². The van der Waals surface area contributed by atoms with E-state index in [1.54, 1.807) is 10.6 Å². The molecule has 0 atom stereocenters. The first kappa shape index (κ1) is 13.2. The molecule has 0 spiro atoms. The molecule has 3 nitrogen and oxygen atoms in total. The van der Waals surface area contributed by atoms with E-state index in [1.165, 1.54) is 12.1 Å². The predicted octanol–water partition coefficient (Wildman–Crippen LogP) is 4.16. The van der Waals surface area contributed by atoms with Crippen LogP contribution in [0, 0.1) is 10.6 Å². The van der Waals surface area contributed by atoms with Crippen molar-refractivity contribution in [3.05, 3.63) is 33.8 Å². The van der Waals surface area contributed by atoms with Crippen molar-refractivity contribution < 1.29 is 4.39 Å². The third-order valence-electron chi connectivity index (χ3n) is 2.51. The lowest BCUT2D eigenvalue weighted by atomic mass is 10.1. The van der Waals surface area contributed by atoms with E-state index in [4.69, 9.17) is 23.8 Å². The number of hydrogen-bond acceptors (Lipinski definition) is 2. The molecule has 18 heavy (non-hydrogen) atoms. The van der Waals surface area contributed by atoms with E-state index in [-0.39, 0.29) is 11.4 Å². The molecule has 2 rings (SSSR count). The third kappa shape index (κ3) is 2.33. The lowest BCUT2D eigenvalue weighted by Gasteiger charge is -2.22. The molecule has 0 aliphatic heterocycles. The van der Waals surface area contributed by atoms with E-state index >= 15 is 0 Å². The number of aromatic amines is 1. The van der Waals surface area contributed by atoms with Gasteiger partial charge in [-0.2, -0.15) is 5.10 Å². The summed E-state index contributed by atoms with van der Waals surface area (Å²) in [6.45, 7) is 5.93. The molecule has 0 unspecified atom stereocenters. The van der Waals surface area contributed by atoms with Crippen LogP contribution in [-0.2, 0) is 5.54 Å². The van der Waals surface area contributed by atoms with E-state index in [0.717, 1.165) is 0 Å². The number of hydrogen-bond donors (Lipinski definition) is 1. The van der Waals surface area contributed by atoms with Crippen molar-refractivity contribution in [2.45, 2.75) is 26.3 Å². The first-order valence-electron chi connectivity index (χ1n) is 5.44. The van der Waals surface area contributed by atoms with Crippen molar-refractivity contribution in [2.75, 3.05) is 0 Å². The molecule has 1 aromatic heterocycles. The average Bonchev–Trinajstić information content (AvgIpc) is 2.63. The van der Waals surface area contributed by atoms with Gasteiger partial charge in [0.25, 0.3) is 0 Å². The smallest absolute Gasteiger partial charge is 0.195 e. The van der Waals surface area contributed by atoms with Crippen LogP contribution in [0.4, 0.5) is 4.39 Å². The molecule has 96 valence electrons. The largest absolute Gasteiger partial charge is 0.295 e. The molecular weight excluding hydrogens is 273 g/mol. The van der Waals surface area contributed by atoms with Crippen molar-refractivity contribution in [2.24, 2.45) is 0 Å². The highest BCUT2D eigenvalue weighted by Crippen LogP contribution is 2.28. The topological polar surface area (TPSA) is 33.6 Å². The summed E-state index contributed by atoms with van der Waals surface area (Å²) in [7, 11) is 0. The SMILES string of the molecule is CC(C)(C)n1c(-c2cc(Cl)ccc2F)n[nH]c1=S. The number of aromatic nitrogens is 3. The fourth-order valence-electron chi connectivity index (χ4n) is 1.77. The molecule has 0 saturated heterocycles. The highest BCUT2D eigenvalue weighted by atomic mass is 35.5. The molecule has 0 aliphatic carbocycles. The van der Waals surface area contributed by atoms with E-state index in [2.05, 4.69) is 10.2 Å². The normalized spacial score (nSPS) is 11.8. The Morgan fingerprint density at radius 3 is 2.67 bits per heavy atom. The molecular formula is C12H13ClFN3S. The summed E-state index contributed by atoms with van der Waals surface area (Å²) in [4.78, 5) is 0. The standard InChI is InChI=1S/C12H13ClFN3S/c1-12(2,3)17-10(15-16-11(17)18)8-6-7(13)4-5-9(8)14/h4-6H,1-3H3,(H,16,18). The van der Waals surface area contributed by atoms with Gasteiger partial charge in [0.2, 0.25) is 0 Å². The molecule has 0 radical (unpaired) electrons. The van der Waals surface area contributed by atoms with Crippen LogP contribution in [0.15, 0.2) is 18.2 Å². The Kier molecular flexibility index (Phi) is 3.29. The van der Waals surface area contributed by atoms with Gasteiger partial charge >= 0.3 is 0 Å². The Labute approximate surface area is 115 Å². The lowest BCUT2D eigenvalue weighted by molar-refractivity contribution is 0.395. The summed E-state index contributed by atoms with van der Waals surface area (Å²) >= 11 is 11.1. The highest BCUT2D eigenvalue weighted by Gasteiger charge is 2.22. The highest BCUT2D eigenvalue weighted by molar-refractivity contribution is 7.71. The number of rotatable bonds is 1. The van der Waals surface area contributed by atoms with E-state index < -0.39 is 0 Å². The quantitative estimate of drug-likeness (QED) is 0.799. The maximum atomic E-state index is 13.9. The molecule has 1 heterocycles. The first-order valence-corrected chi connectivity index (χ1v) is 6.22. The van der Waals surface area contributed by atoms with Crippen LogP contribution in [0.2, 0.25) is 5.02 Å². The Morgan fingerprint density at radius 2 is 2.06 bits per heavy atom. The second kappa shape index (κ2) is 4.48. The van der Waals surface area contributed by atoms with Crippen LogP contribution >= 0.6 is 23.8 Å². The lowest BCUT2D eigenvalue weighted by Crippen LogP contribution is -2.23. The number of H-pyrrole nitrogens is 1. The Hall–Kier alpha value is -1.20. The minimum Gasteiger partial charge on any atom is -0.295 e. The van der Waals surface area contributed by atoms with E-state index in [1.807, 2.05) is 20.8 Å². The maximum Gasteiger partial charge on any atom is 0.195 e. The van der Waals surface area contributed by atoms with Gasteiger partial charge in [0.15, 0.2) is 10.6 Å². The minimum atomic E-state index is -0.376. The summed E-state index contributed by atoms with van der Waals surface area (Å²) < 4.78 is 16.1. The van der Waals surface area contributed by atoms with Crippen LogP contribution in [0.3, 0.4) is 0 Å². The summed E-state index contributed by atoms with van der Waals surface area (Å²) in [5.74, 6) is 0.0754. The van der Waals surface area contributed by atoms with Gasteiger partial charge in [0.1, 0.15) is 5.82 Å². The van der Waals surface area contributed by atoms with Gasteiger partial charge in [-0.3, -0.25) is 9.67 Å². The second-order valence-electron chi connectivity index (χ2n) is 4.98. The first-order chi connectivity index (χ1) is 8.30. The fraction of sp³-hybridized carbons (Fsp3) is 0.333. The van der Waals surface area contributed by atoms with E-state index in [9.17, 15) is 4.39 Å². The molecule has 0 bridgehead atoms. The Morgan fingerprint density at radius 1 is 1.39 bits per heavy atom. The number of nitrogens with zero attached hydrogens (tertiary/aromatic N) is 2. The van der Waals surface area contributed by atoms with Crippen molar-refractivity contribution in [3.8, 4) is 11.4 Å². The van der Waals surface area contributed by atoms with E-state index in [0.29, 0.717) is 21.2 Å². The fourth-order valence-corrected chi connectivity index (χ4v) is 2.35. The predicted molar refractivity (Wildman–Crippen MR) is 72.8 cm³/mol. The zero-order valence-electron chi connectivity index (χ0n) is 10.3. The molecule has 0 saturated carbocycles.